The molecule has 25 heavy (non-hydrogen) atoms. The lowest BCUT2D eigenvalue weighted by Gasteiger charge is -2.12. The number of carbonyl (C=O) groups is 2. The molecule has 0 fully saturated rings. The van der Waals surface area contributed by atoms with Crippen LogP contribution in [0.25, 0.3) is 5.57 Å². The van der Waals surface area contributed by atoms with Crippen LogP contribution < -0.4 is 9.47 Å². The molecule has 0 unspecified atom stereocenters. The van der Waals surface area contributed by atoms with Gasteiger partial charge in [0.15, 0.2) is 11.5 Å². The molecular weight excluding hydrogens is 324 g/mol. The number of benzene rings is 2. The van der Waals surface area contributed by atoms with Crippen molar-refractivity contribution >= 4 is 17.5 Å². The van der Waals surface area contributed by atoms with Crippen LogP contribution in [0.1, 0.15) is 16.7 Å². The highest BCUT2D eigenvalue weighted by atomic mass is 16.5. The first-order valence-corrected chi connectivity index (χ1v) is 7.42. The summed E-state index contributed by atoms with van der Waals surface area (Å²) >= 11 is 0. The molecule has 0 saturated heterocycles. The van der Waals surface area contributed by atoms with Gasteiger partial charge in [0.2, 0.25) is 0 Å². The van der Waals surface area contributed by atoms with E-state index in [1.165, 1.54) is 14.2 Å². The maximum atomic E-state index is 11.2. The smallest absolute Gasteiger partial charge is 0.328 e. The van der Waals surface area contributed by atoms with E-state index in [9.17, 15) is 14.7 Å². The van der Waals surface area contributed by atoms with Gasteiger partial charge in [0.1, 0.15) is 0 Å². The monoisotopic (exact) mass is 342 g/mol. The highest BCUT2D eigenvalue weighted by molar-refractivity contribution is 5.95. The van der Waals surface area contributed by atoms with Crippen molar-refractivity contribution in [2.75, 3.05) is 14.2 Å². The van der Waals surface area contributed by atoms with Crippen molar-refractivity contribution in [1.82, 2.24) is 0 Å². The second kappa shape index (κ2) is 8.01. The minimum atomic E-state index is -1.08. The molecular formula is C19H18O6. The van der Waals surface area contributed by atoms with Crippen LogP contribution in [-0.2, 0) is 16.0 Å². The first-order chi connectivity index (χ1) is 11.9. The third kappa shape index (κ3) is 4.60. The number of hydrogen-bond acceptors (Lipinski definition) is 4. The normalized spacial score (nSPS) is 11.0. The minimum Gasteiger partial charge on any atom is -0.493 e. The van der Waals surface area contributed by atoms with E-state index in [-0.39, 0.29) is 6.42 Å². The number of carboxylic acids is 2. The van der Waals surface area contributed by atoms with Crippen LogP contribution in [-0.4, -0.2) is 36.4 Å². The van der Waals surface area contributed by atoms with Crippen LogP contribution in [0.2, 0.25) is 0 Å². The topological polar surface area (TPSA) is 93.1 Å². The summed E-state index contributed by atoms with van der Waals surface area (Å²) in [5.74, 6) is -0.982. The zero-order valence-corrected chi connectivity index (χ0v) is 13.9. The average Bonchev–Trinajstić information content (AvgIpc) is 2.59. The zero-order chi connectivity index (χ0) is 18.4. The molecule has 6 heteroatoms. The third-order valence-corrected chi connectivity index (χ3v) is 3.58. The van der Waals surface area contributed by atoms with Gasteiger partial charge in [-0.3, -0.25) is 4.79 Å². The fourth-order valence-electron chi connectivity index (χ4n) is 2.44. The van der Waals surface area contributed by atoms with Gasteiger partial charge in [0.25, 0.3) is 0 Å². The van der Waals surface area contributed by atoms with Crippen LogP contribution >= 0.6 is 0 Å². The first-order valence-electron chi connectivity index (χ1n) is 7.42. The SMILES string of the molecule is COc1ccc(C(=CC(=O)O)c2ccc(CC(=O)O)cc2)cc1OC. The van der Waals surface area contributed by atoms with Gasteiger partial charge in [-0.2, -0.15) is 0 Å². The quantitative estimate of drug-likeness (QED) is 0.752. The molecule has 2 N–H and O–H groups in total. The molecule has 0 aliphatic carbocycles. The standard InChI is InChI=1S/C19H18O6/c1-24-16-8-7-14(10-17(16)25-2)15(11-19(22)23)13-5-3-12(4-6-13)9-18(20)21/h3-8,10-11H,9H2,1-2H3,(H,20,21)(H,22,23). The van der Waals surface area contributed by atoms with Gasteiger partial charge >= 0.3 is 11.9 Å². The van der Waals surface area contributed by atoms with Gasteiger partial charge in [-0.05, 0) is 34.4 Å². The van der Waals surface area contributed by atoms with Gasteiger partial charge < -0.3 is 19.7 Å². The molecule has 0 heterocycles. The molecule has 130 valence electrons. The van der Waals surface area contributed by atoms with E-state index >= 15 is 0 Å². The molecule has 2 aromatic rings. The Bertz CT molecular complexity index is 805. The molecule has 6 nitrogen and oxygen atoms in total. The molecule has 0 aliphatic heterocycles. The summed E-state index contributed by atoms with van der Waals surface area (Å²) < 4.78 is 10.5. The zero-order valence-electron chi connectivity index (χ0n) is 13.9. The van der Waals surface area contributed by atoms with E-state index < -0.39 is 11.9 Å². The van der Waals surface area contributed by atoms with Crippen LogP contribution in [0.4, 0.5) is 0 Å². The Morgan fingerprint density at radius 3 is 2.04 bits per heavy atom. The second-order valence-electron chi connectivity index (χ2n) is 5.23. The number of hydrogen-bond donors (Lipinski definition) is 2. The molecule has 0 spiro atoms. The number of rotatable bonds is 7. The fraction of sp³-hybridized carbons (Fsp3) is 0.158. The Labute approximate surface area is 144 Å². The predicted molar refractivity (Wildman–Crippen MR) is 92.0 cm³/mol. The van der Waals surface area contributed by atoms with Crippen molar-refractivity contribution in [2.45, 2.75) is 6.42 Å². The largest absolute Gasteiger partial charge is 0.493 e. The van der Waals surface area contributed by atoms with Crippen LogP contribution in [0.15, 0.2) is 48.5 Å². The van der Waals surface area contributed by atoms with E-state index in [4.69, 9.17) is 14.6 Å². The molecule has 2 aromatic carbocycles. The van der Waals surface area contributed by atoms with Crippen molar-refractivity contribution in [3.05, 3.63) is 65.2 Å². The number of methoxy groups -OCH3 is 2. The molecule has 0 atom stereocenters. The van der Waals surface area contributed by atoms with Crippen LogP contribution in [0.3, 0.4) is 0 Å². The molecule has 0 bridgehead atoms. The van der Waals surface area contributed by atoms with E-state index in [1.54, 1.807) is 42.5 Å². The Kier molecular flexibility index (Phi) is 5.79. The van der Waals surface area contributed by atoms with Crippen molar-refractivity contribution < 1.29 is 29.3 Å². The minimum absolute atomic E-state index is 0.0887. The number of aliphatic carboxylic acids is 2. The van der Waals surface area contributed by atoms with Crippen molar-refractivity contribution in [3.63, 3.8) is 0 Å². The van der Waals surface area contributed by atoms with E-state index in [0.29, 0.717) is 33.8 Å². The fourth-order valence-corrected chi connectivity index (χ4v) is 2.44. The highest BCUT2D eigenvalue weighted by Crippen LogP contribution is 2.33. The first kappa shape index (κ1) is 18.1. The average molecular weight is 342 g/mol. The molecule has 0 aromatic heterocycles. The van der Waals surface area contributed by atoms with E-state index in [2.05, 4.69) is 0 Å². The Morgan fingerprint density at radius 1 is 0.920 bits per heavy atom. The van der Waals surface area contributed by atoms with Gasteiger partial charge in [-0.25, -0.2) is 4.79 Å². The second-order valence-corrected chi connectivity index (χ2v) is 5.23. The summed E-state index contributed by atoms with van der Waals surface area (Å²) in [4.78, 5) is 22.0. The van der Waals surface area contributed by atoms with Gasteiger partial charge in [0, 0.05) is 6.08 Å². The summed E-state index contributed by atoms with van der Waals surface area (Å²) in [6.45, 7) is 0. The number of carboxylic acid groups (broad SMARTS) is 2. The summed E-state index contributed by atoms with van der Waals surface area (Å²) in [5, 5.41) is 18.0. The summed E-state index contributed by atoms with van der Waals surface area (Å²) in [5.41, 5.74) is 2.42. The van der Waals surface area contributed by atoms with Gasteiger partial charge in [0.05, 0.1) is 20.6 Å². The lowest BCUT2D eigenvalue weighted by molar-refractivity contribution is -0.136. The van der Waals surface area contributed by atoms with Gasteiger partial charge in [-0.1, -0.05) is 30.3 Å². The molecule has 0 aliphatic rings. The van der Waals surface area contributed by atoms with E-state index in [0.717, 1.165) is 6.08 Å². The Balaban J connectivity index is 2.47. The number of ether oxygens (including phenoxy) is 2. The Morgan fingerprint density at radius 2 is 1.52 bits per heavy atom. The lowest BCUT2D eigenvalue weighted by atomic mass is 9.96. The van der Waals surface area contributed by atoms with Crippen LogP contribution in [0, 0.1) is 0 Å². The third-order valence-electron chi connectivity index (χ3n) is 3.58. The summed E-state index contributed by atoms with van der Waals surface area (Å²) in [6.07, 6.45) is 1.02. The van der Waals surface area contributed by atoms with Gasteiger partial charge in [-0.15, -0.1) is 0 Å². The molecule has 0 radical (unpaired) electrons. The highest BCUT2D eigenvalue weighted by Gasteiger charge is 2.12. The molecule has 0 amide bonds. The molecule has 2 rings (SSSR count). The maximum absolute atomic E-state index is 11.2. The van der Waals surface area contributed by atoms with E-state index in [1.807, 2.05) is 0 Å². The predicted octanol–water partition coefficient (Wildman–Crippen LogP) is 2.85. The summed E-state index contributed by atoms with van der Waals surface area (Å²) in [7, 11) is 3.02. The molecule has 0 saturated carbocycles. The van der Waals surface area contributed by atoms with Crippen molar-refractivity contribution in [1.29, 1.82) is 0 Å². The maximum Gasteiger partial charge on any atom is 0.328 e. The van der Waals surface area contributed by atoms with Crippen LogP contribution in [0.5, 0.6) is 11.5 Å². The van der Waals surface area contributed by atoms with Crippen molar-refractivity contribution in [3.8, 4) is 11.5 Å². The Hall–Kier alpha value is -3.28. The summed E-state index contributed by atoms with van der Waals surface area (Å²) in [6, 6.07) is 11.9. The van der Waals surface area contributed by atoms with Crippen molar-refractivity contribution in [2.24, 2.45) is 0 Å². The lowest BCUT2D eigenvalue weighted by Crippen LogP contribution is -2.00.